The van der Waals surface area contributed by atoms with Gasteiger partial charge in [-0.25, -0.2) is 0 Å². The average molecular weight is 1090 g/mol. The van der Waals surface area contributed by atoms with Gasteiger partial charge in [0, 0.05) is 26.0 Å². The SMILES string of the molecule is Brc1ccccc1-c1ccccc1-c1cc(-c2ccccc2)ccc1-c1ccc(N(c2ccc(-c3ccccc3)cc2)c2ccc(-c3ccc(-c4ccccc4)cc3-c3ccccc3-c3ccccc3Br)cc2)cc1. The molecule has 0 saturated heterocycles. The largest absolute Gasteiger partial charge is 0.311 e. The van der Waals surface area contributed by atoms with Gasteiger partial charge in [0.15, 0.2) is 0 Å². The first-order valence-corrected chi connectivity index (χ1v) is 26.9. The van der Waals surface area contributed by atoms with E-state index in [1.807, 2.05) is 0 Å². The molecule has 0 aliphatic heterocycles. The molecule has 0 radical (unpaired) electrons. The Labute approximate surface area is 457 Å². The second kappa shape index (κ2) is 21.5. The molecule has 0 spiro atoms. The Morgan fingerprint density at radius 3 is 0.773 bits per heavy atom. The Morgan fingerprint density at radius 2 is 0.427 bits per heavy atom. The molecular formula is C72H49Br2N. The molecule has 0 aliphatic carbocycles. The highest BCUT2D eigenvalue weighted by Crippen LogP contribution is 2.46. The summed E-state index contributed by atoms with van der Waals surface area (Å²) in [6.45, 7) is 0. The molecule has 0 N–H and O–H groups in total. The van der Waals surface area contributed by atoms with E-state index in [0.717, 1.165) is 48.3 Å². The monoisotopic (exact) mass is 1090 g/mol. The van der Waals surface area contributed by atoms with Crippen LogP contribution in [0.2, 0.25) is 0 Å². The van der Waals surface area contributed by atoms with Gasteiger partial charge in [-0.15, -0.1) is 0 Å². The number of anilines is 3. The van der Waals surface area contributed by atoms with Crippen molar-refractivity contribution >= 4 is 48.9 Å². The van der Waals surface area contributed by atoms with Gasteiger partial charge in [0.05, 0.1) is 0 Å². The molecule has 0 heterocycles. The van der Waals surface area contributed by atoms with E-state index in [1.54, 1.807) is 0 Å². The predicted octanol–water partition coefficient (Wildman–Crippen LogP) is 21.7. The van der Waals surface area contributed by atoms with Gasteiger partial charge >= 0.3 is 0 Å². The van der Waals surface area contributed by atoms with E-state index in [4.69, 9.17) is 0 Å². The Hall–Kier alpha value is -8.60. The summed E-state index contributed by atoms with van der Waals surface area (Å²) in [6, 6.07) is 107. The molecule has 0 unspecified atom stereocenters. The van der Waals surface area contributed by atoms with Crippen molar-refractivity contribution in [1.29, 1.82) is 0 Å². The molecule has 12 aromatic rings. The normalized spacial score (nSPS) is 11.1. The van der Waals surface area contributed by atoms with Crippen LogP contribution in [0.1, 0.15) is 0 Å². The Balaban J connectivity index is 0.967. The maximum Gasteiger partial charge on any atom is 0.0462 e. The van der Waals surface area contributed by atoms with Crippen LogP contribution in [0.15, 0.2) is 306 Å². The van der Waals surface area contributed by atoms with Crippen molar-refractivity contribution < 1.29 is 0 Å². The van der Waals surface area contributed by atoms with E-state index < -0.39 is 0 Å². The third-order valence-corrected chi connectivity index (χ3v) is 15.5. The number of hydrogen-bond donors (Lipinski definition) is 0. The highest BCUT2D eigenvalue weighted by atomic mass is 79.9. The van der Waals surface area contributed by atoms with Crippen LogP contribution in [0, 0.1) is 0 Å². The second-order valence-electron chi connectivity index (χ2n) is 18.6. The van der Waals surface area contributed by atoms with Crippen molar-refractivity contribution in [3.63, 3.8) is 0 Å². The predicted molar refractivity (Wildman–Crippen MR) is 325 cm³/mol. The fourth-order valence-corrected chi connectivity index (χ4v) is 11.4. The summed E-state index contributed by atoms with van der Waals surface area (Å²) in [5, 5.41) is 0. The number of nitrogens with zero attached hydrogens (tertiary/aromatic N) is 1. The average Bonchev–Trinajstić information content (AvgIpc) is 3.49. The zero-order valence-electron chi connectivity index (χ0n) is 41.0. The van der Waals surface area contributed by atoms with Crippen LogP contribution in [0.5, 0.6) is 0 Å². The molecule has 0 fully saturated rings. The lowest BCUT2D eigenvalue weighted by molar-refractivity contribution is 1.28. The van der Waals surface area contributed by atoms with Gasteiger partial charge in [0.1, 0.15) is 0 Å². The number of hydrogen-bond acceptors (Lipinski definition) is 1. The molecular weight excluding hydrogens is 1040 g/mol. The summed E-state index contributed by atoms with van der Waals surface area (Å²) in [5.74, 6) is 0. The van der Waals surface area contributed by atoms with Crippen LogP contribution in [-0.4, -0.2) is 0 Å². The molecule has 75 heavy (non-hydrogen) atoms. The van der Waals surface area contributed by atoms with Crippen LogP contribution in [0.4, 0.5) is 17.1 Å². The van der Waals surface area contributed by atoms with E-state index in [2.05, 4.69) is 334 Å². The Kier molecular flexibility index (Phi) is 13.6. The van der Waals surface area contributed by atoms with Crippen molar-refractivity contribution in [1.82, 2.24) is 0 Å². The number of rotatable bonds is 12. The van der Waals surface area contributed by atoms with Gasteiger partial charge in [0.25, 0.3) is 0 Å². The minimum atomic E-state index is 1.06. The lowest BCUT2D eigenvalue weighted by Crippen LogP contribution is -2.09. The molecule has 12 rings (SSSR count). The lowest BCUT2D eigenvalue weighted by Gasteiger charge is -2.26. The molecule has 1 nitrogen and oxygen atoms in total. The summed E-state index contributed by atoms with van der Waals surface area (Å²) in [5.41, 5.74) is 24.3. The number of benzene rings is 12. The zero-order chi connectivity index (χ0) is 50.5. The maximum atomic E-state index is 3.88. The molecule has 356 valence electrons. The second-order valence-corrected chi connectivity index (χ2v) is 20.4. The fourth-order valence-electron chi connectivity index (χ4n) is 10.4. The van der Waals surface area contributed by atoms with E-state index in [1.165, 1.54) is 77.9 Å². The molecule has 0 atom stereocenters. The summed E-state index contributed by atoms with van der Waals surface area (Å²) in [6.07, 6.45) is 0. The standard InChI is InChI=1S/C72H49Br2N/c73-71-30-16-14-28-67(71)63-24-10-12-26-65(63)69-48-56(51-20-6-2-7-21-51)38-46-61(69)54-34-42-59(43-35-54)75(58-40-32-53(33-41-58)50-18-4-1-5-19-50)60-44-36-55(37-45-60)62-47-39-57(52-22-8-3-9-23-52)49-70(62)66-27-13-11-25-64(66)68-29-15-17-31-72(68)74/h1-49H. The molecule has 12 aromatic carbocycles. The van der Waals surface area contributed by atoms with E-state index in [0.29, 0.717) is 0 Å². The van der Waals surface area contributed by atoms with Crippen LogP contribution in [-0.2, 0) is 0 Å². The van der Waals surface area contributed by atoms with Crippen LogP contribution in [0.3, 0.4) is 0 Å². The van der Waals surface area contributed by atoms with Gasteiger partial charge in [0.2, 0.25) is 0 Å². The molecule has 0 saturated carbocycles. The smallest absolute Gasteiger partial charge is 0.0462 e. The summed E-state index contributed by atoms with van der Waals surface area (Å²) in [7, 11) is 0. The molecule has 0 bridgehead atoms. The highest BCUT2D eigenvalue weighted by Gasteiger charge is 2.20. The van der Waals surface area contributed by atoms with Gasteiger partial charge in [-0.1, -0.05) is 268 Å². The minimum Gasteiger partial charge on any atom is -0.311 e. The van der Waals surface area contributed by atoms with Gasteiger partial charge in [-0.2, -0.15) is 0 Å². The molecule has 3 heteroatoms. The fraction of sp³-hybridized carbons (Fsp3) is 0. The first-order valence-electron chi connectivity index (χ1n) is 25.3. The molecule has 0 amide bonds. The summed E-state index contributed by atoms with van der Waals surface area (Å²) in [4.78, 5) is 2.37. The third kappa shape index (κ3) is 9.85. The molecule has 0 aliphatic rings. The van der Waals surface area contributed by atoms with Crippen molar-refractivity contribution in [2.75, 3.05) is 4.90 Å². The van der Waals surface area contributed by atoms with Crippen molar-refractivity contribution in [3.05, 3.63) is 306 Å². The summed E-state index contributed by atoms with van der Waals surface area (Å²) < 4.78 is 2.13. The van der Waals surface area contributed by atoms with Crippen molar-refractivity contribution in [3.8, 4) is 100 Å². The Bertz CT molecular complexity index is 3710. The first-order chi connectivity index (χ1) is 37.0. The number of halogens is 2. The third-order valence-electron chi connectivity index (χ3n) is 14.1. The van der Waals surface area contributed by atoms with Gasteiger partial charge in [-0.3, -0.25) is 0 Å². The lowest BCUT2D eigenvalue weighted by atomic mass is 9.87. The maximum absolute atomic E-state index is 3.88. The van der Waals surface area contributed by atoms with Crippen LogP contribution >= 0.6 is 31.9 Å². The topological polar surface area (TPSA) is 3.24 Å². The summed E-state index contributed by atoms with van der Waals surface area (Å²) >= 11 is 7.75. The van der Waals surface area contributed by atoms with E-state index >= 15 is 0 Å². The zero-order valence-corrected chi connectivity index (χ0v) is 44.2. The highest BCUT2D eigenvalue weighted by molar-refractivity contribution is 9.11. The van der Waals surface area contributed by atoms with Crippen molar-refractivity contribution in [2.24, 2.45) is 0 Å². The van der Waals surface area contributed by atoms with E-state index in [9.17, 15) is 0 Å². The van der Waals surface area contributed by atoms with E-state index in [-0.39, 0.29) is 0 Å². The quantitative estimate of drug-likeness (QED) is 0.118. The first kappa shape index (κ1) is 47.4. The van der Waals surface area contributed by atoms with Crippen molar-refractivity contribution in [2.45, 2.75) is 0 Å². The minimum absolute atomic E-state index is 1.06. The van der Waals surface area contributed by atoms with Gasteiger partial charge in [-0.05, 0) is 161 Å². The van der Waals surface area contributed by atoms with Crippen LogP contribution in [0.25, 0.3) is 100 Å². The Morgan fingerprint density at radius 1 is 0.173 bits per heavy atom. The molecule has 0 aromatic heterocycles. The van der Waals surface area contributed by atoms with Crippen LogP contribution < -0.4 is 4.90 Å². The van der Waals surface area contributed by atoms with Gasteiger partial charge < -0.3 is 4.90 Å².